The van der Waals surface area contributed by atoms with Gasteiger partial charge >= 0.3 is 5.97 Å². The number of rotatable bonds is 8. The van der Waals surface area contributed by atoms with Gasteiger partial charge in [-0.2, -0.15) is 0 Å². The van der Waals surface area contributed by atoms with E-state index in [1.165, 1.54) is 16.5 Å². The minimum Gasteiger partial charge on any atom is -0.462 e. The van der Waals surface area contributed by atoms with Crippen LogP contribution >= 0.6 is 0 Å². The van der Waals surface area contributed by atoms with E-state index in [9.17, 15) is 4.79 Å². The maximum Gasteiger partial charge on any atom is 0.341 e. The van der Waals surface area contributed by atoms with Crippen LogP contribution in [0.4, 0.5) is 5.95 Å². The van der Waals surface area contributed by atoms with E-state index in [-0.39, 0.29) is 5.97 Å². The standard InChI is InChI=1S/C24H31N5O2/c1-3-31-23(30)20-15-26-24(27-16-20)29-12-8-18(9-13-29)17-28(2)11-10-19-14-25-22-7-5-4-6-21(19)22/h4-7,14-16,18,25H,3,8-13,17H2,1-2H3. The van der Waals surface area contributed by atoms with Crippen molar-refractivity contribution in [2.24, 2.45) is 5.92 Å². The molecule has 1 fully saturated rings. The summed E-state index contributed by atoms with van der Waals surface area (Å²) >= 11 is 0. The SMILES string of the molecule is CCOC(=O)c1cnc(N2CCC(CN(C)CCc3c[nH]c4ccccc34)CC2)nc1. The lowest BCUT2D eigenvalue weighted by molar-refractivity contribution is 0.0525. The third-order valence-corrected chi connectivity index (χ3v) is 6.05. The summed E-state index contributed by atoms with van der Waals surface area (Å²) < 4.78 is 4.99. The van der Waals surface area contributed by atoms with Crippen molar-refractivity contribution < 1.29 is 9.53 Å². The highest BCUT2D eigenvalue weighted by Crippen LogP contribution is 2.22. The lowest BCUT2D eigenvalue weighted by Gasteiger charge is -2.33. The van der Waals surface area contributed by atoms with Gasteiger partial charge in [-0.25, -0.2) is 14.8 Å². The average molecular weight is 422 g/mol. The van der Waals surface area contributed by atoms with Crippen LogP contribution in [-0.4, -0.2) is 65.7 Å². The molecule has 2 aromatic heterocycles. The normalized spacial score (nSPS) is 15.0. The van der Waals surface area contributed by atoms with E-state index in [0.29, 0.717) is 24.0 Å². The minimum atomic E-state index is -0.372. The Balaban J connectivity index is 1.23. The molecule has 1 N–H and O–H groups in total. The minimum absolute atomic E-state index is 0.352. The smallest absolute Gasteiger partial charge is 0.341 e. The molecule has 0 saturated carbocycles. The molecule has 3 heterocycles. The Morgan fingerprint density at radius 2 is 1.97 bits per heavy atom. The molecule has 1 aliphatic heterocycles. The monoisotopic (exact) mass is 421 g/mol. The van der Waals surface area contributed by atoms with Crippen LogP contribution in [0.1, 0.15) is 35.7 Å². The number of benzene rings is 1. The quantitative estimate of drug-likeness (QED) is 0.561. The Morgan fingerprint density at radius 1 is 1.23 bits per heavy atom. The molecule has 4 rings (SSSR count). The first kappa shape index (κ1) is 21.3. The maximum atomic E-state index is 11.7. The van der Waals surface area contributed by atoms with Crippen LogP contribution < -0.4 is 4.90 Å². The number of piperidine rings is 1. The first-order chi connectivity index (χ1) is 15.1. The molecule has 0 spiro atoms. The number of anilines is 1. The summed E-state index contributed by atoms with van der Waals surface area (Å²) in [6, 6.07) is 8.49. The molecule has 0 radical (unpaired) electrons. The van der Waals surface area contributed by atoms with Crippen molar-refractivity contribution in [3.05, 3.63) is 54.0 Å². The number of likely N-dealkylation sites (N-methyl/N-ethyl adjacent to an activating group) is 1. The first-order valence-corrected chi connectivity index (χ1v) is 11.1. The van der Waals surface area contributed by atoms with E-state index in [1.807, 2.05) is 0 Å². The van der Waals surface area contributed by atoms with Crippen LogP contribution in [0.2, 0.25) is 0 Å². The van der Waals surface area contributed by atoms with Gasteiger partial charge in [-0.3, -0.25) is 0 Å². The van der Waals surface area contributed by atoms with E-state index in [2.05, 4.69) is 62.3 Å². The zero-order chi connectivity index (χ0) is 21.6. The van der Waals surface area contributed by atoms with Crippen LogP contribution in [0.3, 0.4) is 0 Å². The Hall–Kier alpha value is -2.93. The second kappa shape index (κ2) is 9.92. The summed E-state index contributed by atoms with van der Waals surface area (Å²) in [6.07, 6.45) is 8.57. The second-order valence-electron chi connectivity index (χ2n) is 8.29. The fraction of sp³-hybridized carbons (Fsp3) is 0.458. The maximum absolute atomic E-state index is 11.7. The molecule has 1 saturated heterocycles. The van der Waals surface area contributed by atoms with Gasteiger partial charge in [-0.1, -0.05) is 18.2 Å². The Bertz CT molecular complexity index is 993. The van der Waals surface area contributed by atoms with Gasteiger partial charge in [0.05, 0.1) is 12.2 Å². The highest BCUT2D eigenvalue weighted by Gasteiger charge is 2.22. The fourth-order valence-electron chi connectivity index (χ4n) is 4.30. The van der Waals surface area contributed by atoms with Gasteiger partial charge in [0.15, 0.2) is 0 Å². The van der Waals surface area contributed by atoms with E-state index in [1.54, 1.807) is 19.3 Å². The summed E-state index contributed by atoms with van der Waals surface area (Å²) in [7, 11) is 2.22. The number of esters is 1. The van der Waals surface area contributed by atoms with Crippen LogP contribution in [0, 0.1) is 5.92 Å². The molecule has 0 atom stereocenters. The third kappa shape index (κ3) is 5.22. The second-order valence-corrected chi connectivity index (χ2v) is 8.29. The van der Waals surface area contributed by atoms with Gasteiger partial charge in [0.1, 0.15) is 0 Å². The number of carbonyl (C=O) groups excluding carboxylic acids is 1. The Morgan fingerprint density at radius 3 is 2.71 bits per heavy atom. The zero-order valence-corrected chi connectivity index (χ0v) is 18.4. The lowest BCUT2D eigenvalue weighted by atomic mass is 9.96. The third-order valence-electron chi connectivity index (χ3n) is 6.05. The van der Waals surface area contributed by atoms with Crippen LogP contribution in [0.25, 0.3) is 10.9 Å². The number of hydrogen-bond donors (Lipinski definition) is 1. The van der Waals surface area contributed by atoms with Crippen molar-refractivity contribution >= 4 is 22.8 Å². The van der Waals surface area contributed by atoms with Gasteiger partial charge < -0.3 is 19.5 Å². The molecule has 0 aliphatic carbocycles. The van der Waals surface area contributed by atoms with Crippen molar-refractivity contribution in [3.63, 3.8) is 0 Å². The molecule has 0 unspecified atom stereocenters. The Kier molecular flexibility index (Phi) is 6.82. The van der Waals surface area contributed by atoms with Crippen LogP contribution in [0.5, 0.6) is 0 Å². The van der Waals surface area contributed by atoms with Crippen molar-refractivity contribution in [1.29, 1.82) is 0 Å². The highest BCUT2D eigenvalue weighted by molar-refractivity contribution is 5.88. The van der Waals surface area contributed by atoms with E-state index >= 15 is 0 Å². The number of para-hydroxylation sites is 1. The summed E-state index contributed by atoms with van der Waals surface area (Å²) in [5.74, 6) is 1.01. The predicted molar refractivity (Wildman–Crippen MR) is 122 cm³/mol. The highest BCUT2D eigenvalue weighted by atomic mass is 16.5. The number of carbonyl (C=O) groups is 1. The van der Waals surface area contributed by atoms with Crippen molar-refractivity contribution in [1.82, 2.24) is 19.9 Å². The van der Waals surface area contributed by atoms with Crippen LogP contribution in [0.15, 0.2) is 42.9 Å². The number of nitrogens with zero attached hydrogens (tertiary/aromatic N) is 4. The van der Waals surface area contributed by atoms with Gasteiger partial charge in [0.25, 0.3) is 0 Å². The summed E-state index contributed by atoms with van der Waals surface area (Å²) in [5, 5.41) is 1.33. The van der Waals surface area contributed by atoms with E-state index in [0.717, 1.165) is 45.4 Å². The van der Waals surface area contributed by atoms with Crippen molar-refractivity contribution in [2.45, 2.75) is 26.2 Å². The molecule has 1 aromatic carbocycles. The summed E-state index contributed by atoms with van der Waals surface area (Å²) in [6.45, 7) is 6.19. The lowest BCUT2D eigenvalue weighted by Crippen LogP contribution is -2.39. The van der Waals surface area contributed by atoms with E-state index in [4.69, 9.17) is 4.74 Å². The van der Waals surface area contributed by atoms with Gasteiger partial charge in [0.2, 0.25) is 5.95 Å². The molecule has 0 amide bonds. The molecule has 7 nitrogen and oxygen atoms in total. The number of fused-ring (bicyclic) bond motifs is 1. The molecular weight excluding hydrogens is 390 g/mol. The Labute approximate surface area is 183 Å². The summed E-state index contributed by atoms with van der Waals surface area (Å²) in [4.78, 5) is 28.5. The number of hydrogen-bond acceptors (Lipinski definition) is 6. The number of H-pyrrole nitrogens is 1. The van der Waals surface area contributed by atoms with Gasteiger partial charge in [-0.05, 0) is 50.8 Å². The zero-order valence-electron chi connectivity index (χ0n) is 18.4. The molecule has 0 bridgehead atoms. The summed E-state index contributed by atoms with van der Waals surface area (Å²) in [5.41, 5.74) is 3.00. The van der Waals surface area contributed by atoms with Crippen LogP contribution in [-0.2, 0) is 11.2 Å². The topological polar surface area (TPSA) is 74.3 Å². The van der Waals surface area contributed by atoms with Crippen molar-refractivity contribution in [2.75, 3.05) is 44.7 Å². The van der Waals surface area contributed by atoms with Gasteiger partial charge in [-0.15, -0.1) is 0 Å². The number of aromatic amines is 1. The number of nitrogens with one attached hydrogen (secondary N) is 1. The van der Waals surface area contributed by atoms with E-state index < -0.39 is 0 Å². The van der Waals surface area contributed by atoms with Crippen molar-refractivity contribution in [3.8, 4) is 0 Å². The molecule has 1 aliphatic rings. The molecule has 164 valence electrons. The number of ether oxygens (including phenoxy) is 1. The molecular formula is C24H31N5O2. The predicted octanol–water partition coefficient (Wildman–Crippen LogP) is 3.53. The number of aromatic nitrogens is 3. The average Bonchev–Trinajstić information content (AvgIpc) is 3.22. The van der Waals surface area contributed by atoms with Gasteiger partial charge in [0, 0.05) is 55.7 Å². The molecule has 3 aromatic rings. The largest absolute Gasteiger partial charge is 0.462 e. The fourth-order valence-corrected chi connectivity index (χ4v) is 4.30. The first-order valence-electron chi connectivity index (χ1n) is 11.1. The molecule has 31 heavy (non-hydrogen) atoms. The molecule has 7 heteroatoms.